The molecule has 0 aliphatic carbocycles. The van der Waals surface area contributed by atoms with Crippen LogP contribution in [0, 0.1) is 0 Å². The van der Waals surface area contributed by atoms with Crippen LogP contribution in [0.5, 0.6) is 0 Å². The van der Waals surface area contributed by atoms with Gasteiger partial charge in [0.25, 0.3) is 0 Å². The fourth-order valence-corrected chi connectivity index (χ4v) is 2.65. The Morgan fingerprint density at radius 3 is 2.60 bits per heavy atom. The quantitative estimate of drug-likeness (QED) is 0.772. The van der Waals surface area contributed by atoms with E-state index in [-0.39, 0.29) is 0 Å². The van der Waals surface area contributed by atoms with Gasteiger partial charge in [-0.05, 0) is 35.2 Å². The van der Waals surface area contributed by atoms with E-state index in [1.54, 1.807) is 12.4 Å². The van der Waals surface area contributed by atoms with Crippen molar-refractivity contribution >= 4 is 18.0 Å². The number of carbonyl (C=O) groups is 1. The van der Waals surface area contributed by atoms with Crippen molar-refractivity contribution in [1.82, 2.24) is 25.6 Å². The molecule has 0 unspecified atom stereocenters. The van der Waals surface area contributed by atoms with Crippen LogP contribution in [0.2, 0.25) is 0 Å². The van der Waals surface area contributed by atoms with Gasteiger partial charge >= 0.3 is 6.03 Å². The van der Waals surface area contributed by atoms with E-state index in [0.717, 1.165) is 34.4 Å². The van der Waals surface area contributed by atoms with Crippen molar-refractivity contribution in [2.45, 2.75) is 12.8 Å². The number of aromatic amines is 1. The molecule has 3 aromatic rings. The molecule has 3 heterocycles. The van der Waals surface area contributed by atoms with E-state index in [1.165, 1.54) is 6.21 Å². The number of aromatic nitrogens is 5. The maximum absolute atomic E-state index is 11.0. The number of amides is 2. The summed E-state index contributed by atoms with van der Waals surface area (Å²) in [5, 5.41) is 14.2. The molecule has 0 saturated heterocycles. The molecule has 2 amide bonds. The van der Waals surface area contributed by atoms with Crippen LogP contribution in [0.25, 0.3) is 22.5 Å². The third-order valence-corrected chi connectivity index (χ3v) is 3.91. The molecule has 1 N–H and O–H groups in total. The van der Waals surface area contributed by atoms with E-state index in [1.807, 2.05) is 18.2 Å². The van der Waals surface area contributed by atoms with Gasteiger partial charge in [0.1, 0.15) is 0 Å². The van der Waals surface area contributed by atoms with Gasteiger partial charge in [0.2, 0.25) is 5.82 Å². The molecule has 2 aromatic heterocycles. The number of carbonyl (C=O) groups excluding carboxylic acids is 1. The topological polar surface area (TPSA) is 109 Å². The highest BCUT2D eigenvalue weighted by molar-refractivity contribution is 6.37. The Labute approximate surface area is 142 Å². The zero-order valence-corrected chi connectivity index (χ0v) is 13.1. The third kappa shape index (κ3) is 3.23. The fourth-order valence-electron chi connectivity index (χ4n) is 2.65. The molecule has 122 valence electrons. The second-order valence-corrected chi connectivity index (χ2v) is 5.50. The van der Waals surface area contributed by atoms with Gasteiger partial charge in [-0.25, -0.2) is 4.79 Å². The summed E-state index contributed by atoms with van der Waals surface area (Å²) in [7, 11) is 0. The third-order valence-electron chi connectivity index (χ3n) is 3.91. The first-order valence-corrected chi connectivity index (χ1v) is 7.72. The Kier molecular flexibility index (Phi) is 3.91. The number of aryl methyl sites for hydroxylation is 1. The number of rotatable bonds is 5. The second-order valence-electron chi connectivity index (χ2n) is 5.50. The Morgan fingerprint density at radius 1 is 1.00 bits per heavy atom. The summed E-state index contributed by atoms with van der Waals surface area (Å²) < 4.78 is 0. The SMILES string of the molecule is O=C1N=CC(CCc2ccc(-c3cnccc3-c3nn[nH]n3)cc2)=N1. The maximum Gasteiger partial charge on any atom is 0.367 e. The van der Waals surface area contributed by atoms with Crippen molar-refractivity contribution < 1.29 is 4.79 Å². The first-order valence-electron chi connectivity index (χ1n) is 7.72. The molecule has 0 atom stereocenters. The van der Waals surface area contributed by atoms with Crippen molar-refractivity contribution in [2.75, 3.05) is 0 Å². The Balaban J connectivity index is 1.54. The number of nitrogens with one attached hydrogen (secondary N) is 1. The molecule has 1 aliphatic heterocycles. The van der Waals surface area contributed by atoms with Gasteiger partial charge in [0.15, 0.2) is 0 Å². The lowest BCUT2D eigenvalue weighted by atomic mass is 9.99. The average molecular weight is 331 g/mol. The second kappa shape index (κ2) is 6.52. The molecular formula is C17H13N7O. The van der Waals surface area contributed by atoms with Crippen molar-refractivity contribution in [3.05, 3.63) is 48.3 Å². The first-order chi connectivity index (χ1) is 12.3. The lowest BCUT2D eigenvalue weighted by Gasteiger charge is -2.07. The molecule has 1 aliphatic rings. The number of urea groups is 1. The van der Waals surface area contributed by atoms with Crippen LogP contribution < -0.4 is 0 Å². The van der Waals surface area contributed by atoms with Crippen LogP contribution in [0.4, 0.5) is 4.79 Å². The van der Waals surface area contributed by atoms with E-state index in [2.05, 4.69) is 47.7 Å². The predicted molar refractivity (Wildman–Crippen MR) is 92.5 cm³/mol. The predicted octanol–water partition coefficient (Wildman–Crippen LogP) is 2.51. The lowest BCUT2D eigenvalue weighted by molar-refractivity contribution is 0.257. The van der Waals surface area contributed by atoms with Crippen molar-refractivity contribution in [1.29, 1.82) is 0 Å². The number of hydrogen-bond acceptors (Lipinski definition) is 5. The van der Waals surface area contributed by atoms with Gasteiger partial charge in [-0.2, -0.15) is 15.2 Å². The summed E-state index contributed by atoms with van der Waals surface area (Å²) in [5.41, 5.74) is 4.71. The fraction of sp³-hybridized carbons (Fsp3) is 0.118. The summed E-state index contributed by atoms with van der Waals surface area (Å²) in [6, 6.07) is 9.61. The molecule has 1 aromatic carbocycles. The number of aliphatic imine (C=N–C) groups is 2. The zero-order valence-electron chi connectivity index (χ0n) is 13.1. The van der Waals surface area contributed by atoms with Crippen LogP contribution in [-0.4, -0.2) is 43.6 Å². The van der Waals surface area contributed by atoms with E-state index >= 15 is 0 Å². The molecular weight excluding hydrogens is 318 g/mol. The van der Waals surface area contributed by atoms with Crippen LogP contribution >= 0.6 is 0 Å². The average Bonchev–Trinajstić information content (AvgIpc) is 3.32. The van der Waals surface area contributed by atoms with E-state index < -0.39 is 6.03 Å². The summed E-state index contributed by atoms with van der Waals surface area (Å²) in [6.45, 7) is 0. The zero-order chi connectivity index (χ0) is 17.1. The summed E-state index contributed by atoms with van der Waals surface area (Å²) in [4.78, 5) is 22.6. The monoisotopic (exact) mass is 331 g/mol. The molecule has 8 heteroatoms. The Bertz CT molecular complexity index is 959. The standard InChI is InChI=1S/C17H13N7O/c25-17-19-9-13(20-17)6-3-11-1-4-12(5-2-11)15-10-18-8-7-14(15)16-21-23-24-22-16/h1-2,4-5,7-10H,3,6H2,(H,21,22,23,24). The van der Waals surface area contributed by atoms with E-state index in [0.29, 0.717) is 12.2 Å². The van der Waals surface area contributed by atoms with Crippen LogP contribution in [0.15, 0.2) is 52.7 Å². The summed E-state index contributed by atoms with van der Waals surface area (Å²) >= 11 is 0. The van der Waals surface area contributed by atoms with Gasteiger partial charge in [-0.3, -0.25) is 4.98 Å². The van der Waals surface area contributed by atoms with Gasteiger partial charge in [-0.1, -0.05) is 24.3 Å². The number of H-pyrrole nitrogens is 1. The molecule has 0 fully saturated rings. The van der Waals surface area contributed by atoms with Crippen LogP contribution in [-0.2, 0) is 6.42 Å². The molecule has 25 heavy (non-hydrogen) atoms. The number of tetrazole rings is 1. The largest absolute Gasteiger partial charge is 0.367 e. The highest BCUT2D eigenvalue weighted by Crippen LogP contribution is 2.29. The first kappa shape index (κ1) is 15.0. The molecule has 0 saturated carbocycles. The van der Waals surface area contributed by atoms with Crippen LogP contribution in [0.3, 0.4) is 0 Å². The summed E-state index contributed by atoms with van der Waals surface area (Å²) in [6.07, 6.45) is 6.51. The number of nitrogens with zero attached hydrogens (tertiary/aromatic N) is 6. The van der Waals surface area contributed by atoms with Crippen molar-refractivity contribution in [2.24, 2.45) is 9.98 Å². The minimum Gasteiger partial charge on any atom is -0.264 e. The van der Waals surface area contributed by atoms with Gasteiger partial charge in [0.05, 0.1) is 11.9 Å². The minimum atomic E-state index is -0.420. The van der Waals surface area contributed by atoms with Crippen molar-refractivity contribution in [3.63, 3.8) is 0 Å². The molecule has 0 bridgehead atoms. The van der Waals surface area contributed by atoms with Crippen molar-refractivity contribution in [3.8, 4) is 22.5 Å². The molecule has 4 rings (SSSR count). The lowest BCUT2D eigenvalue weighted by Crippen LogP contribution is -1.99. The van der Waals surface area contributed by atoms with Gasteiger partial charge in [0, 0.05) is 23.5 Å². The normalized spacial score (nSPS) is 13.3. The van der Waals surface area contributed by atoms with Gasteiger partial charge < -0.3 is 0 Å². The molecule has 8 nitrogen and oxygen atoms in total. The highest BCUT2D eigenvalue weighted by Gasteiger charge is 2.12. The van der Waals surface area contributed by atoms with E-state index in [4.69, 9.17) is 0 Å². The number of benzene rings is 1. The molecule has 0 spiro atoms. The Morgan fingerprint density at radius 2 is 1.88 bits per heavy atom. The minimum absolute atomic E-state index is 0.420. The number of hydrogen-bond donors (Lipinski definition) is 1. The maximum atomic E-state index is 11.0. The highest BCUT2D eigenvalue weighted by atomic mass is 16.2. The number of pyridine rings is 1. The van der Waals surface area contributed by atoms with E-state index in [9.17, 15) is 4.79 Å². The smallest absolute Gasteiger partial charge is 0.264 e. The molecule has 0 radical (unpaired) electrons. The van der Waals surface area contributed by atoms with Crippen LogP contribution in [0.1, 0.15) is 12.0 Å². The van der Waals surface area contributed by atoms with Gasteiger partial charge in [-0.15, -0.1) is 10.2 Å². The summed E-state index contributed by atoms with van der Waals surface area (Å²) in [5.74, 6) is 0.532. The Hall–Kier alpha value is -3.55.